The number of anilines is 1. The molecule has 0 bridgehead atoms. The maximum Gasteiger partial charge on any atom is 0.416 e. The highest BCUT2D eigenvalue weighted by molar-refractivity contribution is 6.02. The predicted molar refractivity (Wildman–Crippen MR) is 91.8 cm³/mol. The number of rotatable bonds is 5. The molecule has 0 spiro atoms. The van der Waals surface area contributed by atoms with Gasteiger partial charge in [-0.15, -0.1) is 0 Å². The van der Waals surface area contributed by atoms with Crippen molar-refractivity contribution in [1.29, 1.82) is 0 Å². The van der Waals surface area contributed by atoms with Crippen LogP contribution in [0.3, 0.4) is 0 Å². The Morgan fingerprint density at radius 2 is 1.75 bits per heavy atom. The summed E-state index contributed by atoms with van der Waals surface area (Å²) < 4.78 is 56.7. The van der Waals surface area contributed by atoms with Crippen molar-refractivity contribution in [3.05, 3.63) is 65.5 Å². The molecule has 2 aromatic carbocycles. The van der Waals surface area contributed by atoms with E-state index in [0.717, 1.165) is 11.6 Å². The molecular formula is C19H16F4N2O3. The monoisotopic (exact) mass is 396 g/mol. The number of hydrogen-bond acceptors (Lipinski definition) is 3. The Morgan fingerprint density at radius 3 is 2.32 bits per heavy atom. The summed E-state index contributed by atoms with van der Waals surface area (Å²) in [5.74, 6) is -1.94. The predicted octanol–water partition coefficient (Wildman–Crippen LogP) is 4.24. The molecule has 148 valence electrons. The number of halogens is 4. The lowest BCUT2D eigenvalue weighted by Gasteiger charge is -2.18. The number of carbonyl (C=O) groups is 2. The summed E-state index contributed by atoms with van der Waals surface area (Å²) in [7, 11) is 0. The van der Waals surface area contributed by atoms with Crippen LogP contribution in [0.2, 0.25) is 0 Å². The zero-order valence-electron chi connectivity index (χ0n) is 14.5. The first-order valence-electron chi connectivity index (χ1n) is 8.37. The third-order valence-electron chi connectivity index (χ3n) is 4.28. The molecule has 1 fully saturated rings. The van der Waals surface area contributed by atoms with Crippen molar-refractivity contribution in [3.63, 3.8) is 0 Å². The topological polar surface area (TPSA) is 67.4 Å². The lowest BCUT2D eigenvalue weighted by Crippen LogP contribution is -2.46. The lowest BCUT2D eigenvalue weighted by molar-refractivity contribution is -0.137. The van der Waals surface area contributed by atoms with Crippen molar-refractivity contribution in [2.24, 2.45) is 0 Å². The van der Waals surface area contributed by atoms with Crippen molar-refractivity contribution >= 4 is 17.7 Å². The van der Waals surface area contributed by atoms with Gasteiger partial charge in [0.05, 0.1) is 11.3 Å². The summed E-state index contributed by atoms with van der Waals surface area (Å²) in [6, 6.07) is 10.7. The molecule has 0 heterocycles. The van der Waals surface area contributed by atoms with Crippen molar-refractivity contribution in [2.45, 2.75) is 31.2 Å². The molecule has 1 saturated carbocycles. The van der Waals surface area contributed by atoms with Gasteiger partial charge in [0.15, 0.2) is 0 Å². The van der Waals surface area contributed by atoms with Gasteiger partial charge in [-0.2, -0.15) is 13.2 Å². The number of amides is 2. The maximum atomic E-state index is 13.9. The Bertz CT molecular complexity index is 880. The molecule has 9 heteroatoms. The normalized spacial score (nSPS) is 14.9. The van der Waals surface area contributed by atoms with Crippen LogP contribution in [0, 0.1) is 5.82 Å². The van der Waals surface area contributed by atoms with Gasteiger partial charge in [-0.05, 0) is 36.6 Å². The molecule has 2 aromatic rings. The second-order valence-corrected chi connectivity index (χ2v) is 6.42. The van der Waals surface area contributed by atoms with E-state index in [1.54, 1.807) is 24.3 Å². The van der Waals surface area contributed by atoms with E-state index in [4.69, 9.17) is 4.74 Å². The lowest BCUT2D eigenvalue weighted by atomic mass is 10.1. The fraction of sp³-hybridized carbons (Fsp3) is 0.263. The van der Waals surface area contributed by atoms with Gasteiger partial charge < -0.3 is 15.4 Å². The Balaban J connectivity index is 1.59. The first kappa shape index (κ1) is 19.7. The fourth-order valence-corrected chi connectivity index (χ4v) is 2.52. The van der Waals surface area contributed by atoms with E-state index >= 15 is 0 Å². The van der Waals surface area contributed by atoms with Crippen LogP contribution < -0.4 is 10.6 Å². The molecular weight excluding hydrogens is 380 g/mol. The van der Waals surface area contributed by atoms with Crippen molar-refractivity contribution in [2.75, 3.05) is 5.32 Å². The molecule has 2 N–H and O–H groups in total. The number of benzene rings is 2. The van der Waals surface area contributed by atoms with Gasteiger partial charge in [0.1, 0.15) is 18.0 Å². The molecule has 3 rings (SSSR count). The van der Waals surface area contributed by atoms with Gasteiger partial charge in [-0.3, -0.25) is 4.79 Å². The second-order valence-electron chi connectivity index (χ2n) is 6.42. The number of nitrogens with one attached hydrogen (secondary N) is 2. The van der Waals surface area contributed by atoms with E-state index in [-0.39, 0.29) is 6.61 Å². The van der Waals surface area contributed by atoms with E-state index in [9.17, 15) is 27.2 Å². The number of ether oxygens (including phenoxy) is 1. The van der Waals surface area contributed by atoms with Gasteiger partial charge in [-0.1, -0.05) is 30.3 Å². The van der Waals surface area contributed by atoms with E-state index in [0.29, 0.717) is 25.0 Å². The molecule has 0 radical (unpaired) electrons. The Labute approximate surface area is 157 Å². The summed E-state index contributed by atoms with van der Waals surface area (Å²) in [6.07, 6.45) is -4.89. The number of carbonyl (C=O) groups excluding carboxylic acids is 2. The van der Waals surface area contributed by atoms with Crippen LogP contribution in [-0.4, -0.2) is 17.5 Å². The van der Waals surface area contributed by atoms with Crippen LogP contribution in [0.15, 0.2) is 48.5 Å². The number of hydrogen-bond donors (Lipinski definition) is 2. The average Bonchev–Trinajstić information content (AvgIpc) is 3.42. The van der Waals surface area contributed by atoms with Crippen LogP contribution in [-0.2, 0) is 22.3 Å². The molecule has 0 aliphatic heterocycles. The minimum Gasteiger partial charge on any atom is -0.445 e. The zero-order chi connectivity index (χ0) is 20.4. The van der Waals surface area contributed by atoms with E-state index in [2.05, 4.69) is 10.6 Å². The Hall–Kier alpha value is -3.10. The van der Waals surface area contributed by atoms with Crippen molar-refractivity contribution in [3.8, 4) is 0 Å². The largest absolute Gasteiger partial charge is 0.445 e. The van der Waals surface area contributed by atoms with Crippen LogP contribution >= 0.6 is 0 Å². The molecule has 1 aliphatic carbocycles. The van der Waals surface area contributed by atoms with Crippen molar-refractivity contribution in [1.82, 2.24) is 5.32 Å². The van der Waals surface area contributed by atoms with Gasteiger partial charge >= 0.3 is 12.3 Å². The Kier molecular flexibility index (Phi) is 5.26. The smallest absolute Gasteiger partial charge is 0.416 e. The first-order chi connectivity index (χ1) is 13.2. The van der Waals surface area contributed by atoms with Gasteiger partial charge in [-0.25, -0.2) is 9.18 Å². The molecule has 28 heavy (non-hydrogen) atoms. The first-order valence-corrected chi connectivity index (χ1v) is 8.37. The van der Waals surface area contributed by atoms with E-state index in [1.807, 2.05) is 6.07 Å². The fourth-order valence-electron chi connectivity index (χ4n) is 2.52. The third kappa shape index (κ3) is 4.59. The summed E-state index contributed by atoms with van der Waals surface area (Å²) in [5.41, 5.74) is -2.06. The zero-order valence-corrected chi connectivity index (χ0v) is 14.5. The van der Waals surface area contributed by atoms with Gasteiger partial charge in [0.2, 0.25) is 5.91 Å². The average molecular weight is 396 g/mol. The quantitative estimate of drug-likeness (QED) is 0.743. The molecule has 0 aromatic heterocycles. The molecule has 0 atom stereocenters. The minimum atomic E-state index is -4.69. The second kappa shape index (κ2) is 7.49. The van der Waals surface area contributed by atoms with Crippen LogP contribution in [0.1, 0.15) is 24.0 Å². The number of alkyl carbamates (subject to hydrolysis) is 1. The van der Waals surface area contributed by atoms with E-state index in [1.165, 1.54) is 0 Å². The van der Waals surface area contributed by atoms with Gasteiger partial charge in [0, 0.05) is 0 Å². The van der Waals surface area contributed by atoms with E-state index < -0.39 is 40.8 Å². The summed E-state index contributed by atoms with van der Waals surface area (Å²) >= 11 is 0. The van der Waals surface area contributed by atoms with Crippen molar-refractivity contribution < 1.29 is 31.9 Å². The molecule has 0 unspecified atom stereocenters. The van der Waals surface area contributed by atoms with Crippen LogP contribution in [0.4, 0.5) is 28.0 Å². The molecule has 2 amide bonds. The summed E-state index contributed by atoms with van der Waals surface area (Å²) in [6.45, 7) is 0.0118. The minimum absolute atomic E-state index is 0.0118. The summed E-state index contributed by atoms with van der Waals surface area (Å²) in [5, 5.41) is 4.66. The highest BCUT2D eigenvalue weighted by Crippen LogP contribution is 2.37. The maximum absolute atomic E-state index is 13.9. The molecule has 0 saturated heterocycles. The molecule has 1 aliphatic rings. The van der Waals surface area contributed by atoms with Crippen LogP contribution in [0.25, 0.3) is 0 Å². The highest BCUT2D eigenvalue weighted by Gasteiger charge is 2.52. The summed E-state index contributed by atoms with van der Waals surface area (Å²) in [4.78, 5) is 24.3. The molecule has 5 nitrogen and oxygen atoms in total. The standard InChI is InChI=1S/C19H16F4N2O3/c20-14-10-13(19(21,22)23)6-7-15(14)24-16(26)18(8-9-18)25-17(27)28-11-12-4-2-1-3-5-12/h1-7,10H,8-9,11H2,(H,24,26)(H,25,27). The number of alkyl halides is 3. The van der Waals surface area contributed by atoms with Crippen LogP contribution in [0.5, 0.6) is 0 Å². The Morgan fingerprint density at radius 1 is 1.07 bits per heavy atom. The highest BCUT2D eigenvalue weighted by atomic mass is 19.4. The SMILES string of the molecule is O=C(NC1(C(=O)Nc2ccc(C(F)(F)F)cc2F)CC1)OCc1ccccc1. The third-order valence-corrected chi connectivity index (χ3v) is 4.28. The van der Waals surface area contributed by atoms with Gasteiger partial charge in [0.25, 0.3) is 0 Å².